The van der Waals surface area contributed by atoms with Crippen molar-refractivity contribution in [3.8, 4) is 6.07 Å². The van der Waals surface area contributed by atoms with Gasteiger partial charge in [-0.25, -0.2) is 0 Å². The Hall–Kier alpha value is -0.590. The van der Waals surface area contributed by atoms with Crippen LogP contribution in [0, 0.1) is 16.7 Å². The lowest BCUT2D eigenvalue weighted by molar-refractivity contribution is 0.279. The van der Waals surface area contributed by atoms with Gasteiger partial charge in [0.05, 0.1) is 6.07 Å². The summed E-state index contributed by atoms with van der Waals surface area (Å²) in [4.78, 5) is 2.18. The van der Waals surface area contributed by atoms with Gasteiger partial charge < -0.3 is 10.2 Å². The van der Waals surface area contributed by atoms with E-state index in [0.717, 1.165) is 19.5 Å². The molecule has 0 rings (SSSR count). The molecule has 0 spiro atoms. The highest BCUT2D eigenvalue weighted by Crippen LogP contribution is 2.20. The predicted octanol–water partition coefficient (Wildman–Crippen LogP) is 1.86. The van der Waals surface area contributed by atoms with Crippen LogP contribution in [-0.4, -0.2) is 38.1 Å². The molecule has 1 atom stereocenters. The quantitative estimate of drug-likeness (QED) is 0.698. The third kappa shape index (κ3) is 8.41. The number of likely N-dealkylation sites (N-methyl/N-ethyl adjacent to an activating group) is 1. The second-order valence-electron chi connectivity index (χ2n) is 5.37. The third-order valence-electron chi connectivity index (χ3n) is 2.48. The molecular weight excluding hydrogens is 186 g/mol. The molecule has 0 aliphatic rings. The number of nitrogens with one attached hydrogen (secondary N) is 1. The fourth-order valence-electron chi connectivity index (χ4n) is 1.55. The van der Waals surface area contributed by atoms with Gasteiger partial charge in [-0.3, -0.25) is 0 Å². The van der Waals surface area contributed by atoms with E-state index in [2.05, 4.69) is 51.2 Å². The standard InChI is InChI=1S/C12H25N3/c1-11(9-15(4)5)14-10-12(2,3)7-6-8-13/h11,14H,6-7,9-10H2,1-5H3. The van der Waals surface area contributed by atoms with Gasteiger partial charge in [0.2, 0.25) is 0 Å². The number of hydrogen-bond donors (Lipinski definition) is 1. The molecule has 0 amide bonds. The maximum Gasteiger partial charge on any atom is 0.0621 e. The predicted molar refractivity (Wildman–Crippen MR) is 64.6 cm³/mol. The molecule has 0 aromatic rings. The Morgan fingerprint density at radius 2 is 2.00 bits per heavy atom. The number of nitriles is 1. The summed E-state index contributed by atoms with van der Waals surface area (Å²) >= 11 is 0. The highest BCUT2D eigenvalue weighted by Gasteiger charge is 2.18. The highest BCUT2D eigenvalue weighted by molar-refractivity contribution is 4.80. The maximum atomic E-state index is 8.55. The van der Waals surface area contributed by atoms with E-state index in [1.54, 1.807) is 0 Å². The van der Waals surface area contributed by atoms with E-state index in [1.807, 2.05) is 0 Å². The fraction of sp³-hybridized carbons (Fsp3) is 0.917. The summed E-state index contributed by atoms with van der Waals surface area (Å²) < 4.78 is 0. The Labute approximate surface area is 94.5 Å². The molecule has 0 saturated carbocycles. The zero-order valence-electron chi connectivity index (χ0n) is 10.8. The average Bonchev–Trinajstić information content (AvgIpc) is 2.11. The van der Waals surface area contributed by atoms with Crippen LogP contribution in [0.4, 0.5) is 0 Å². The number of nitrogens with zero attached hydrogens (tertiary/aromatic N) is 2. The lowest BCUT2D eigenvalue weighted by Gasteiger charge is -2.27. The lowest BCUT2D eigenvalue weighted by atomic mass is 9.88. The SMILES string of the molecule is CC(CN(C)C)NCC(C)(C)CCC#N. The van der Waals surface area contributed by atoms with E-state index < -0.39 is 0 Å². The first-order chi connectivity index (χ1) is 6.87. The van der Waals surface area contributed by atoms with Crippen molar-refractivity contribution in [3.63, 3.8) is 0 Å². The van der Waals surface area contributed by atoms with E-state index in [0.29, 0.717) is 12.5 Å². The highest BCUT2D eigenvalue weighted by atomic mass is 15.1. The van der Waals surface area contributed by atoms with Crippen LogP contribution in [-0.2, 0) is 0 Å². The molecule has 0 bridgehead atoms. The Morgan fingerprint density at radius 3 is 2.47 bits per heavy atom. The van der Waals surface area contributed by atoms with Gasteiger partial charge in [0, 0.05) is 25.6 Å². The first kappa shape index (κ1) is 14.4. The summed E-state index contributed by atoms with van der Waals surface area (Å²) in [6, 6.07) is 2.71. The molecule has 3 nitrogen and oxygen atoms in total. The zero-order chi connectivity index (χ0) is 11.9. The zero-order valence-corrected chi connectivity index (χ0v) is 10.8. The Bertz CT molecular complexity index is 203. The van der Waals surface area contributed by atoms with Crippen LogP contribution in [0.2, 0.25) is 0 Å². The fourth-order valence-corrected chi connectivity index (χ4v) is 1.55. The first-order valence-corrected chi connectivity index (χ1v) is 5.62. The van der Waals surface area contributed by atoms with Crippen LogP contribution in [0.5, 0.6) is 0 Å². The second-order valence-corrected chi connectivity index (χ2v) is 5.37. The van der Waals surface area contributed by atoms with Crippen molar-refractivity contribution in [1.82, 2.24) is 10.2 Å². The van der Waals surface area contributed by atoms with Gasteiger partial charge in [0.15, 0.2) is 0 Å². The van der Waals surface area contributed by atoms with Crippen LogP contribution in [0.1, 0.15) is 33.6 Å². The average molecular weight is 211 g/mol. The summed E-state index contributed by atoms with van der Waals surface area (Å²) in [7, 11) is 4.16. The number of rotatable bonds is 7. The minimum atomic E-state index is 0.219. The molecule has 0 fully saturated rings. The molecule has 0 aromatic heterocycles. The van der Waals surface area contributed by atoms with Gasteiger partial charge in [-0.1, -0.05) is 13.8 Å². The normalized spacial score (nSPS) is 13.9. The molecule has 0 aliphatic heterocycles. The van der Waals surface area contributed by atoms with Gasteiger partial charge in [-0.15, -0.1) is 0 Å². The minimum Gasteiger partial charge on any atom is -0.312 e. The van der Waals surface area contributed by atoms with E-state index in [9.17, 15) is 0 Å². The topological polar surface area (TPSA) is 39.1 Å². The number of hydrogen-bond acceptors (Lipinski definition) is 3. The molecule has 0 saturated heterocycles. The van der Waals surface area contributed by atoms with Crippen molar-refractivity contribution in [2.45, 2.75) is 39.7 Å². The summed E-state index contributed by atoms with van der Waals surface area (Å²) in [6.07, 6.45) is 1.61. The molecule has 88 valence electrons. The minimum absolute atomic E-state index is 0.219. The van der Waals surface area contributed by atoms with Crippen LogP contribution in [0.15, 0.2) is 0 Å². The molecule has 3 heteroatoms. The second kappa shape index (κ2) is 6.81. The monoisotopic (exact) mass is 211 g/mol. The molecule has 0 radical (unpaired) electrons. The van der Waals surface area contributed by atoms with Gasteiger partial charge in [-0.2, -0.15) is 5.26 Å². The van der Waals surface area contributed by atoms with E-state index in [-0.39, 0.29) is 5.41 Å². The van der Waals surface area contributed by atoms with E-state index in [1.165, 1.54) is 0 Å². The van der Waals surface area contributed by atoms with Gasteiger partial charge in [-0.05, 0) is 32.9 Å². The van der Waals surface area contributed by atoms with Gasteiger partial charge in [0.1, 0.15) is 0 Å². The lowest BCUT2D eigenvalue weighted by Crippen LogP contribution is -2.40. The van der Waals surface area contributed by atoms with Crippen molar-refractivity contribution < 1.29 is 0 Å². The van der Waals surface area contributed by atoms with Gasteiger partial charge in [0.25, 0.3) is 0 Å². The molecule has 15 heavy (non-hydrogen) atoms. The van der Waals surface area contributed by atoms with E-state index >= 15 is 0 Å². The Morgan fingerprint density at radius 1 is 1.40 bits per heavy atom. The maximum absolute atomic E-state index is 8.55. The summed E-state index contributed by atoms with van der Waals surface area (Å²) in [5.74, 6) is 0. The molecule has 1 N–H and O–H groups in total. The third-order valence-corrected chi connectivity index (χ3v) is 2.48. The Kier molecular flexibility index (Phi) is 6.55. The Balaban J connectivity index is 3.77. The largest absolute Gasteiger partial charge is 0.312 e. The van der Waals surface area contributed by atoms with E-state index in [4.69, 9.17) is 5.26 Å². The molecular formula is C12H25N3. The summed E-state index contributed by atoms with van der Waals surface area (Å²) in [5, 5.41) is 12.1. The van der Waals surface area contributed by atoms with Crippen molar-refractivity contribution in [3.05, 3.63) is 0 Å². The van der Waals surface area contributed by atoms with Crippen molar-refractivity contribution in [2.24, 2.45) is 5.41 Å². The molecule has 0 heterocycles. The van der Waals surface area contributed by atoms with Crippen LogP contribution >= 0.6 is 0 Å². The first-order valence-electron chi connectivity index (χ1n) is 5.62. The van der Waals surface area contributed by atoms with Crippen molar-refractivity contribution >= 4 is 0 Å². The van der Waals surface area contributed by atoms with Crippen molar-refractivity contribution in [1.29, 1.82) is 5.26 Å². The summed E-state index contributed by atoms with van der Waals surface area (Å²) in [6.45, 7) is 8.64. The molecule has 0 aromatic carbocycles. The van der Waals surface area contributed by atoms with Gasteiger partial charge >= 0.3 is 0 Å². The van der Waals surface area contributed by atoms with Crippen LogP contribution in [0.25, 0.3) is 0 Å². The summed E-state index contributed by atoms with van der Waals surface area (Å²) in [5.41, 5.74) is 0.219. The van der Waals surface area contributed by atoms with Crippen LogP contribution in [0.3, 0.4) is 0 Å². The molecule has 1 unspecified atom stereocenters. The van der Waals surface area contributed by atoms with Crippen molar-refractivity contribution in [2.75, 3.05) is 27.2 Å². The smallest absolute Gasteiger partial charge is 0.0621 e. The molecule has 0 aliphatic carbocycles. The van der Waals surface area contributed by atoms with Crippen LogP contribution < -0.4 is 5.32 Å².